The Morgan fingerprint density at radius 3 is 1.92 bits per heavy atom. The van der Waals surface area contributed by atoms with Crippen molar-refractivity contribution in [2.24, 2.45) is 5.92 Å². The summed E-state index contributed by atoms with van der Waals surface area (Å²) in [6, 6.07) is 21.0. The van der Waals surface area contributed by atoms with Crippen LogP contribution in [-0.4, -0.2) is 29.7 Å². The summed E-state index contributed by atoms with van der Waals surface area (Å²) in [5.41, 5.74) is 2.11. The molecule has 1 fully saturated rings. The van der Waals surface area contributed by atoms with Gasteiger partial charge >= 0.3 is 6.09 Å². The molecule has 36 heavy (non-hydrogen) atoms. The molecule has 0 spiro atoms. The highest BCUT2D eigenvalue weighted by Crippen LogP contribution is 2.26. The van der Waals surface area contributed by atoms with Crippen LogP contribution in [0.5, 0.6) is 0 Å². The Bertz CT molecular complexity index is 878. The molecule has 2 aromatic carbocycles. The van der Waals surface area contributed by atoms with Crippen LogP contribution in [0.25, 0.3) is 0 Å². The van der Waals surface area contributed by atoms with Gasteiger partial charge in [-0.05, 0) is 83.3 Å². The summed E-state index contributed by atoms with van der Waals surface area (Å²) >= 11 is 0. The predicted octanol–water partition coefficient (Wildman–Crippen LogP) is 6.60. The molecule has 0 aliphatic heterocycles. The molecule has 3 rings (SSSR count). The number of benzene rings is 2. The highest BCUT2D eigenvalue weighted by atomic mass is 16.6. The van der Waals surface area contributed by atoms with Crippen LogP contribution in [0.2, 0.25) is 0 Å². The molecule has 196 valence electrons. The van der Waals surface area contributed by atoms with Crippen LogP contribution in [0.4, 0.5) is 4.79 Å². The minimum Gasteiger partial charge on any atom is -0.444 e. The van der Waals surface area contributed by atoms with Crippen molar-refractivity contribution in [3.8, 4) is 0 Å². The van der Waals surface area contributed by atoms with Gasteiger partial charge in [-0.25, -0.2) is 4.79 Å². The Morgan fingerprint density at radius 2 is 1.39 bits per heavy atom. The molecular weight excluding hydrogens is 448 g/mol. The summed E-state index contributed by atoms with van der Waals surface area (Å²) in [4.78, 5) is 25.9. The number of amides is 2. The number of carbonyl (C=O) groups is 2. The molecule has 0 heterocycles. The van der Waals surface area contributed by atoms with Gasteiger partial charge in [0.25, 0.3) is 0 Å². The van der Waals surface area contributed by atoms with Crippen molar-refractivity contribution in [1.29, 1.82) is 0 Å². The van der Waals surface area contributed by atoms with Crippen molar-refractivity contribution in [2.45, 2.75) is 103 Å². The van der Waals surface area contributed by atoms with E-state index in [1.54, 1.807) is 0 Å². The van der Waals surface area contributed by atoms with Crippen LogP contribution in [0.1, 0.15) is 83.3 Å². The zero-order chi connectivity index (χ0) is 25.8. The van der Waals surface area contributed by atoms with E-state index in [0.29, 0.717) is 0 Å². The molecule has 2 aromatic rings. The first-order chi connectivity index (χ1) is 17.3. The maximum Gasteiger partial charge on any atom is 0.407 e. The predicted molar refractivity (Wildman–Crippen MR) is 146 cm³/mol. The van der Waals surface area contributed by atoms with Crippen molar-refractivity contribution < 1.29 is 14.3 Å². The van der Waals surface area contributed by atoms with Crippen molar-refractivity contribution >= 4 is 12.0 Å². The Kier molecular flexibility index (Phi) is 10.8. The van der Waals surface area contributed by atoms with Crippen LogP contribution >= 0.6 is 0 Å². The third-order valence-corrected chi connectivity index (χ3v) is 6.87. The second-order valence-electron chi connectivity index (χ2n) is 11.1. The van der Waals surface area contributed by atoms with E-state index in [4.69, 9.17) is 4.74 Å². The molecule has 0 bridgehead atoms. The fourth-order valence-electron chi connectivity index (χ4n) is 5.07. The van der Waals surface area contributed by atoms with E-state index < -0.39 is 11.7 Å². The Morgan fingerprint density at radius 1 is 0.861 bits per heavy atom. The second-order valence-corrected chi connectivity index (χ2v) is 11.1. The normalized spacial score (nSPS) is 18.0. The molecule has 5 nitrogen and oxygen atoms in total. The van der Waals surface area contributed by atoms with Gasteiger partial charge in [0, 0.05) is 12.1 Å². The number of hydrogen-bond donors (Lipinski definition) is 2. The lowest BCUT2D eigenvalue weighted by atomic mass is 9.83. The summed E-state index contributed by atoms with van der Waals surface area (Å²) in [6.45, 7) is 5.56. The molecule has 1 aliphatic carbocycles. The van der Waals surface area contributed by atoms with E-state index in [0.717, 1.165) is 64.2 Å². The number of ether oxygens (including phenoxy) is 1. The number of alkyl carbamates (subject to hydrolysis) is 1. The number of hydrogen-bond acceptors (Lipinski definition) is 3. The van der Waals surface area contributed by atoms with Crippen LogP contribution < -0.4 is 10.6 Å². The van der Waals surface area contributed by atoms with Crippen LogP contribution in [-0.2, 0) is 22.4 Å². The van der Waals surface area contributed by atoms with Crippen LogP contribution in [0.15, 0.2) is 60.7 Å². The highest BCUT2D eigenvalue weighted by Gasteiger charge is 2.34. The van der Waals surface area contributed by atoms with Gasteiger partial charge in [-0.1, -0.05) is 73.5 Å². The van der Waals surface area contributed by atoms with Gasteiger partial charge in [0.15, 0.2) is 0 Å². The quantitative estimate of drug-likeness (QED) is 0.371. The Hall–Kier alpha value is -2.82. The largest absolute Gasteiger partial charge is 0.444 e. The highest BCUT2D eigenvalue weighted by molar-refractivity contribution is 5.80. The molecule has 2 N–H and O–H groups in total. The maximum atomic E-state index is 13.4. The first kappa shape index (κ1) is 27.8. The minimum atomic E-state index is -0.556. The van der Waals surface area contributed by atoms with E-state index in [2.05, 4.69) is 59.2 Å². The third kappa shape index (κ3) is 10.0. The summed E-state index contributed by atoms with van der Waals surface area (Å²) < 4.78 is 5.46. The van der Waals surface area contributed by atoms with Crippen LogP contribution in [0.3, 0.4) is 0 Å². The number of rotatable bonds is 11. The topological polar surface area (TPSA) is 67.4 Å². The molecule has 0 saturated heterocycles. The lowest BCUT2D eigenvalue weighted by Gasteiger charge is -2.33. The summed E-state index contributed by atoms with van der Waals surface area (Å²) in [5.74, 6) is -0.141. The maximum absolute atomic E-state index is 13.4. The van der Waals surface area contributed by atoms with Gasteiger partial charge in [-0.3, -0.25) is 4.79 Å². The van der Waals surface area contributed by atoms with E-state index in [1.807, 2.05) is 32.9 Å². The fourth-order valence-corrected chi connectivity index (χ4v) is 5.07. The molecule has 0 aromatic heterocycles. The molecule has 2 amide bonds. The van der Waals surface area contributed by atoms with Crippen molar-refractivity contribution in [1.82, 2.24) is 10.6 Å². The lowest BCUT2D eigenvalue weighted by Crippen LogP contribution is -2.51. The number of nitrogens with one attached hydrogen (secondary N) is 2. The van der Waals surface area contributed by atoms with Crippen molar-refractivity contribution in [3.05, 3.63) is 71.8 Å². The van der Waals surface area contributed by atoms with Gasteiger partial charge < -0.3 is 15.4 Å². The minimum absolute atomic E-state index is 0.0696. The number of carbonyl (C=O) groups excluding carboxylic acids is 2. The summed E-state index contributed by atoms with van der Waals surface area (Å²) in [6.07, 6.45) is 9.19. The first-order valence-corrected chi connectivity index (χ1v) is 13.7. The van der Waals surface area contributed by atoms with Crippen molar-refractivity contribution in [2.75, 3.05) is 0 Å². The van der Waals surface area contributed by atoms with E-state index in [9.17, 15) is 9.59 Å². The van der Waals surface area contributed by atoms with Gasteiger partial charge in [-0.15, -0.1) is 0 Å². The van der Waals surface area contributed by atoms with Gasteiger partial charge in [0.1, 0.15) is 5.60 Å². The SMILES string of the molecule is CC(C)(C)OC(=O)N[C@H]1CCCC[C@H]1C(=O)NC(CCCc1ccccc1)CCCc1ccccc1. The molecular formula is C31H44N2O3. The van der Waals surface area contributed by atoms with Gasteiger partial charge in [0.05, 0.1) is 5.92 Å². The van der Waals surface area contributed by atoms with E-state index in [-0.39, 0.29) is 23.9 Å². The van der Waals surface area contributed by atoms with Crippen LogP contribution in [0, 0.1) is 5.92 Å². The molecule has 1 aliphatic rings. The fraction of sp³-hybridized carbons (Fsp3) is 0.548. The standard InChI is InChI=1S/C31H44N2O3/c1-31(2,3)36-30(35)33-28-23-11-10-22-27(28)29(34)32-26(20-12-18-24-14-6-4-7-15-24)21-13-19-25-16-8-5-9-17-25/h4-9,14-17,26-28H,10-13,18-23H2,1-3H3,(H,32,34)(H,33,35)/t27-,28+/m1/s1. The monoisotopic (exact) mass is 492 g/mol. The first-order valence-electron chi connectivity index (χ1n) is 13.7. The lowest BCUT2D eigenvalue weighted by molar-refractivity contribution is -0.127. The second kappa shape index (κ2) is 14.1. The zero-order valence-electron chi connectivity index (χ0n) is 22.3. The van der Waals surface area contributed by atoms with Crippen molar-refractivity contribution in [3.63, 3.8) is 0 Å². The van der Waals surface area contributed by atoms with Gasteiger partial charge in [-0.2, -0.15) is 0 Å². The molecule has 0 radical (unpaired) electrons. The Balaban J connectivity index is 1.58. The third-order valence-electron chi connectivity index (χ3n) is 6.87. The van der Waals surface area contributed by atoms with E-state index in [1.165, 1.54) is 11.1 Å². The molecule has 5 heteroatoms. The molecule has 2 atom stereocenters. The summed E-state index contributed by atoms with van der Waals surface area (Å²) in [7, 11) is 0. The summed E-state index contributed by atoms with van der Waals surface area (Å²) in [5, 5.41) is 6.37. The zero-order valence-corrected chi connectivity index (χ0v) is 22.3. The van der Waals surface area contributed by atoms with Gasteiger partial charge in [0.2, 0.25) is 5.91 Å². The average molecular weight is 493 g/mol. The smallest absolute Gasteiger partial charge is 0.407 e. The van der Waals surface area contributed by atoms with E-state index >= 15 is 0 Å². The number of aryl methyl sites for hydroxylation is 2. The Labute approximate surface area is 217 Å². The molecule has 0 unspecified atom stereocenters. The molecule has 1 saturated carbocycles. The average Bonchev–Trinajstić information content (AvgIpc) is 2.84.